The largest absolute Gasteiger partial charge is 0.348 e. The lowest BCUT2D eigenvalue weighted by molar-refractivity contribution is 0.498. The lowest BCUT2D eigenvalue weighted by atomic mass is 9.91. The first-order chi connectivity index (χ1) is 10.1. The molecule has 0 spiro atoms. The van der Waals surface area contributed by atoms with Crippen LogP contribution in [0.15, 0.2) is 16.9 Å². The van der Waals surface area contributed by atoms with Crippen molar-refractivity contribution in [2.24, 2.45) is 7.05 Å². The first kappa shape index (κ1) is 14.9. The van der Waals surface area contributed by atoms with Gasteiger partial charge in [0.1, 0.15) is 0 Å². The molecule has 21 heavy (non-hydrogen) atoms. The molecule has 0 aliphatic heterocycles. The monoisotopic (exact) mass is 350 g/mol. The maximum atomic E-state index is 4.58. The summed E-state index contributed by atoms with van der Waals surface area (Å²) in [5, 5.41) is 8.02. The normalized spacial score (nSPS) is 18.0. The Labute approximate surface area is 134 Å². The molecular weight excluding hydrogens is 328 g/mol. The van der Waals surface area contributed by atoms with E-state index in [0.717, 1.165) is 23.1 Å². The molecule has 2 aromatic heterocycles. The van der Waals surface area contributed by atoms with Crippen molar-refractivity contribution in [2.75, 3.05) is 7.05 Å². The van der Waals surface area contributed by atoms with E-state index in [1.807, 2.05) is 11.7 Å². The van der Waals surface area contributed by atoms with E-state index in [-0.39, 0.29) is 0 Å². The van der Waals surface area contributed by atoms with Crippen molar-refractivity contribution in [3.8, 4) is 0 Å². The van der Waals surface area contributed by atoms with Crippen molar-refractivity contribution in [2.45, 2.75) is 45.2 Å². The number of halogens is 1. The molecule has 1 atom stereocenters. The summed E-state index contributed by atoms with van der Waals surface area (Å²) < 4.78 is 5.46. The van der Waals surface area contributed by atoms with Crippen LogP contribution in [-0.4, -0.2) is 21.4 Å². The highest BCUT2D eigenvalue weighted by molar-refractivity contribution is 9.10. The number of rotatable bonds is 4. The number of hydrogen-bond donors (Lipinski definition) is 1. The quantitative estimate of drug-likeness (QED) is 0.918. The van der Waals surface area contributed by atoms with Gasteiger partial charge in [-0.3, -0.25) is 4.68 Å². The molecule has 0 fully saturated rings. The molecule has 1 aliphatic rings. The van der Waals surface area contributed by atoms with Crippen molar-refractivity contribution < 1.29 is 0 Å². The second-order valence-corrected chi connectivity index (χ2v) is 6.62. The fraction of sp³-hybridized carbons (Fsp3) is 0.562. The average molecular weight is 351 g/mol. The Bertz CT molecular complexity index is 641. The molecular formula is C16H23BrN4. The van der Waals surface area contributed by atoms with Crippen LogP contribution < -0.4 is 5.32 Å². The van der Waals surface area contributed by atoms with Gasteiger partial charge in [0.2, 0.25) is 0 Å². The van der Waals surface area contributed by atoms with E-state index < -0.39 is 0 Å². The van der Waals surface area contributed by atoms with E-state index in [1.165, 1.54) is 36.1 Å². The standard InChI is InChI=1S/C16H23BrN4/c1-4-13-16(17)15(20(3)19-13)10-21-8-11-6-5-7-14(18-2)12(11)9-21/h8-9,14,18H,4-7,10H2,1-3H3. The maximum absolute atomic E-state index is 4.58. The number of nitrogens with one attached hydrogen (secondary N) is 1. The van der Waals surface area contributed by atoms with Crippen LogP contribution in [-0.2, 0) is 26.4 Å². The fourth-order valence-corrected chi connectivity index (χ4v) is 4.05. The van der Waals surface area contributed by atoms with Gasteiger partial charge in [0.05, 0.1) is 22.4 Å². The van der Waals surface area contributed by atoms with Gasteiger partial charge in [0, 0.05) is 25.5 Å². The van der Waals surface area contributed by atoms with E-state index in [1.54, 1.807) is 0 Å². The third-order valence-electron chi connectivity index (χ3n) is 4.50. The summed E-state index contributed by atoms with van der Waals surface area (Å²) in [6.07, 6.45) is 9.29. The van der Waals surface area contributed by atoms with Crippen molar-refractivity contribution in [1.29, 1.82) is 0 Å². The Morgan fingerprint density at radius 1 is 1.43 bits per heavy atom. The first-order valence-corrected chi connectivity index (χ1v) is 8.49. The van der Waals surface area contributed by atoms with Crippen LogP contribution in [0.1, 0.15) is 48.3 Å². The summed E-state index contributed by atoms with van der Waals surface area (Å²) in [7, 11) is 4.08. The van der Waals surface area contributed by atoms with Crippen molar-refractivity contribution in [1.82, 2.24) is 19.7 Å². The molecule has 0 saturated carbocycles. The Morgan fingerprint density at radius 3 is 2.90 bits per heavy atom. The molecule has 4 nitrogen and oxygen atoms in total. The fourth-order valence-electron chi connectivity index (χ4n) is 3.30. The summed E-state index contributed by atoms with van der Waals surface area (Å²) in [5.74, 6) is 0. The number of fused-ring (bicyclic) bond motifs is 1. The third-order valence-corrected chi connectivity index (χ3v) is 5.41. The average Bonchev–Trinajstić information content (AvgIpc) is 3.02. The van der Waals surface area contributed by atoms with Gasteiger partial charge in [-0.2, -0.15) is 5.10 Å². The van der Waals surface area contributed by atoms with Gasteiger partial charge in [-0.25, -0.2) is 0 Å². The van der Waals surface area contributed by atoms with Gasteiger partial charge < -0.3 is 9.88 Å². The summed E-state index contributed by atoms with van der Waals surface area (Å²) in [6.45, 7) is 3.01. The zero-order valence-corrected chi connectivity index (χ0v) is 14.6. The van der Waals surface area contributed by atoms with Gasteiger partial charge in [0.25, 0.3) is 0 Å². The Kier molecular flexibility index (Phi) is 4.22. The molecule has 0 radical (unpaired) electrons. The number of hydrogen-bond acceptors (Lipinski definition) is 2. The van der Waals surface area contributed by atoms with Crippen LogP contribution in [0, 0.1) is 0 Å². The molecule has 0 amide bonds. The zero-order chi connectivity index (χ0) is 15.0. The van der Waals surface area contributed by atoms with Gasteiger partial charge in [0.15, 0.2) is 0 Å². The Hall–Kier alpha value is -1.07. The highest BCUT2D eigenvalue weighted by Gasteiger charge is 2.21. The lowest BCUT2D eigenvalue weighted by Crippen LogP contribution is -2.20. The molecule has 1 aliphatic carbocycles. The molecule has 3 rings (SSSR count). The van der Waals surface area contributed by atoms with Crippen LogP contribution in [0.25, 0.3) is 0 Å². The summed E-state index contributed by atoms with van der Waals surface area (Å²) >= 11 is 3.71. The zero-order valence-electron chi connectivity index (χ0n) is 13.0. The predicted molar refractivity (Wildman–Crippen MR) is 88.6 cm³/mol. The minimum absolute atomic E-state index is 0.510. The van der Waals surface area contributed by atoms with Crippen LogP contribution in [0.5, 0.6) is 0 Å². The number of nitrogens with zero attached hydrogens (tertiary/aromatic N) is 3. The van der Waals surface area contributed by atoms with Crippen LogP contribution in [0.3, 0.4) is 0 Å². The molecule has 1 unspecified atom stereocenters. The molecule has 0 bridgehead atoms. The third kappa shape index (κ3) is 2.69. The molecule has 2 heterocycles. The lowest BCUT2D eigenvalue weighted by Gasteiger charge is -2.21. The van der Waals surface area contributed by atoms with Crippen LogP contribution >= 0.6 is 15.9 Å². The van der Waals surface area contributed by atoms with Gasteiger partial charge in [-0.15, -0.1) is 0 Å². The smallest absolute Gasteiger partial charge is 0.0767 e. The maximum Gasteiger partial charge on any atom is 0.0767 e. The van der Waals surface area contributed by atoms with Gasteiger partial charge in [-0.1, -0.05) is 6.92 Å². The van der Waals surface area contributed by atoms with Crippen LogP contribution in [0.2, 0.25) is 0 Å². The Balaban J connectivity index is 1.89. The number of aromatic nitrogens is 3. The van der Waals surface area contributed by atoms with Gasteiger partial charge in [-0.05, 0) is 59.8 Å². The summed E-state index contributed by atoms with van der Waals surface area (Å²) in [6, 6.07) is 0.510. The second-order valence-electron chi connectivity index (χ2n) is 5.83. The van der Waals surface area contributed by atoms with Crippen molar-refractivity contribution in [3.05, 3.63) is 39.4 Å². The van der Waals surface area contributed by atoms with Crippen LogP contribution in [0.4, 0.5) is 0 Å². The minimum atomic E-state index is 0.510. The number of aryl methyl sites for hydroxylation is 3. The van der Waals surface area contributed by atoms with E-state index in [0.29, 0.717) is 6.04 Å². The predicted octanol–water partition coefficient (Wildman–Crippen LogP) is 3.19. The highest BCUT2D eigenvalue weighted by atomic mass is 79.9. The SMILES string of the molecule is CCc1nn(C)c(Cn2cc3c(c2)C(NC)CCC3)c1Br. The van der Waals surface area contributed by atoms with Crippen molar-refractivity contribution >= 4 is 15.9 Å². The summed E-state index contributed by atoms with van der Waals surface area (Å²) in [4.78, 5) is 0. The van der Waals surface area contributed by atoms with E-state index in [2.05, 4.69) is 57.3 Å². The van der Waals surface area contributed by atoms with E-state index in [4.69, 9.17) is 0 Å². The minimum Gasteiger partial charge on any atom is -0.348 e. The molecule has 5 heteroatoms. The molecule has 114 valence electrons. The van der Waals surface area contributed by atoms with Gasteiger partial charge >= 0.3 is 0 Å². The van der Waals surface area contributed by atoms with E-state index >= 15 is 0 Å². The first-order valence-electron chi connectivity index (χ1n) is 7.70. The second kappa shape index (κ2) is 5.97. The highest BCUT2D eigenvalue weighted by Crippen LogP contribution is 2.31. The topological polar surface area (TPSA) is 34.8 Å². The molecule has 1 N–H and O–H groups in total. The van der Waals surface area contributed by atoms with E-state index in [9.17, 15) is 0 Å². The van der Waals surface area contributed by atoms with Crippen molar-refractivity contribution in [3.63, 3.8) is 0 Å². The molecule has 0 saturated heterocycles. The molecule has 0 aromatic carbocycles. The molecule has 2 aromatic rings. The Morgan fingerprint density at radius 2 is 2.24 bits per heavy atom. The summed E-state index contributed by atoms with van der Waals surface area (Å²) in [5.41, 5.74) is 5.34.